The quantitative estimate of drug-likeness (QED) is 0.786. The van der Waals surface area contributed by atoms with Gasteiger partial charge in [0.1, 0.15) is 0 Å². The third-order valence-electron chi connectivity index (χ3n) is 3.61. The maximum Gasteiger partial charge on any atom is 0.312 e. The molecule has 0 fully saturated rings. The zero-order chi connectivity index (χ0) is 16.5. The number of esters is 1. The van der Waals surface area contributed by atoms with Crippen molar-refractivity contribution in [1.82, 2.24) is 0 Å². The van der Waals surface area contributed by atoms with Crippen molar-refractivity contribution in [3.8, 4) is 0 Å². The molecule has 120 valence electrons. The molecule has 0 bridgehead atoms. The fourth-order valence-electron chi connectivity index (χ4n) is 2.40. The first kappa shape index (κ1) is 17.0. The molecule has 0 aliphatic heterocycles. The second-order valence-electron chi connectivity index (χ2n) is 5.26. The van der Waals surface area contributed by atoms with Gasteiger partial charge < -0.3 is 9.84 Å². The van der Waals surface area contributed by atoms with Crippen LogP contribution in [-0.4, -0.2) is 17.7 Å². The number of carbonyl (C=O) groups excluding carboxylic acids is 1. The zero-order valence-corrected chi connectivity index (χ0v) is 13.3. The van der Waals surface area contributed by atoms with E-state index in [2.05, 4.69) is 0 Å². The predicted octanol–water partition coefficient (Wildman–Crippen LogP) is 4.00. The molecule has 3 nitrogen and oxygen atoms in total. The molecule has 2 aromatic carbocycles. The predicted molar refractivity (Wildman–Crippen MR) is 91.6 cm³/mol. The topological polar surface area (TPSA) is 46.5 Å². The Bertz CT molecular complexity index is 620. The summed E-state index contributed by atoms with van der Waals surface area (Å²) in [6.45, 7) is 2.07. The smallest absolute Gasteiger partial charge is 0.312 e. The minimum absolute atomic E-state index is 0.305. The summed E-state index contributed by atoms with van der Waals surface area (Å²) in [5, 5.41) is 10.5. The van der Waals surface area contributed by atoms with E-state index < -0.39 is 12.0 Å². The lowest BCUT2D eigenvalue weighted by atomic mass is 9.92. The Kier molecular flexibility index (Phi) is 6.57. The van der Waals surface area contributed by atoms with Crippen molar-refractivity contribution in [2.45, 2.75) is 19.4 Å². The summed E-state index contributed by atoms with van der Waals surface area (Å²) >= 11 is 0. The van der Waals surface area contributed by atoms with Crippen LogP contribution < -0.4 is 0 Å². The fourth-order valence-corrected chi connectivity index (χ4v) is 2.40. The van der Waals surface area contributed by atoms with Crippen LogP contribution in [0, 0.1) is 5.92 Å². The summed E-state index contributed by atoms with van der Waals surface area (Å²) < 4.78 is 5.12. The molecule has 0 aliphatic rings. The molecule has 0 amide bonds. The van der Waals surface area contributed by atoms with Gasteiger partial charge in [-0.05, 0) is 24.5 Å². The fraction of sp³-hybridized carbons (Fsp3) is 0.250. The average molecular weight is 310 g/mol. The highest BCUT2D eigenvalue weighted by Gasteiger charge is 2.28. The molecule has 1 unspecified atom stereocenters. The second kappa shape index (κ2) is 8.91. The molecule has 0 heterocycles. The Hall–Kier alpha value is -2.39. The van der Waals surface area contributed by atoms with Crippen LogP contribution in [0.2, 0.25) is 0 Å². The van der Waals surface area contributed by atoms with E-state index in [1.54, 1.807) is 6.92 Å². The lowest BCUT2D eigenvalue weighted by Gasteiger charge is -2.20. The number of carbonyl (C=O) groups is 1. The molecule has 23 heavy (non-hydrogen) atoms. The van der Waals surface area contributed by atoms with E-state index in [-0.39, 0.29) is 5.97 Å². The lowest BCUT2D eigenvalue weighted by molar-refractivity contribution is -0.152. The minimum Gasteiger partial charge on any atom is -0.466 e. The van der Waals surface area contributed by atoms with Crippen LogP contribution in [0.5, 0.6) is 0 Å². The van der Waals surface area contributed by atoms with E-state index in [4.69, 9.17) is 4.74 Å². The summed E-state index contributed by atoms with van der Waals surface area (Å²) in [5.74, 6) is -0.987. The van der Waals surface area contributed by atoms with Crippen LogP contribution >= 0.6 is 0 Å². The van der Waals surface area contributed by atoms with Crippen molar-refractivity contribution in [3.63, 3.8) is 0 Å². The van der Waals surface area contributed by atoms with Gasteiger partial charge in [-0.15, -0.1) is 0 Å². The van der Waals surface area contributed by atoms with Crippen LogP contribution in [-0.2, 0) is 9.53 Å². The zero-order valence-electron chi connectivity index (χ0n) is 13.3. The van der Waals surface area contributed by atoms with Crippen LogP contribution in [0.1, 0.15) is 30.6 Å². The molecule has 1 N–H and O–H groups in total. The van der Waals surface area contributed by atoms with Gasteiger partial charge in [-0.3, -0.25) is 4.79 Å². The molecule has 0 radical (unpaired) electrons. The third kappa shape index (κ3) is 5.08. The highest BCUT2D eigenvalue weighted by molar-refractivity contribution is 5.74. The molecule has 0 saturated carbocycles. The molecule has 2 rings (SSSR count). The van der Waals surface area contributed by atoms with Crippen molar-refractivity contribution in [2.75, 3.05) is 6.61 Å². The number of hydrogen-bond donors (Lipinski definition) is 1. The van der Waals surface area contributed by atoms with Crippen molar-refractivity contribution in [2.24, 2.45) is 5.92 Å². The van der Waals surface area contributed by atoms with Gasteiger partial charge in [0.05, 0.1) is 18.6 Å². The molecule has 2 atom stereocenters. The van der Waals surface area contributed by atoms with Gasteiger partial charge in [0, 0.05) is 0 Å². The Morgan fingerprint density at radius 3 is 2.30 bits per heavy atom. The first-order valence-electron chi connectivity index (χ1n) is 7.83. The van der Waals surface area contributed by atoms with Crippen LogP contribution in [0.25, 0.3) is 6.08 Å². The van der Waals surface area contributed by atoms with Crippen molar-refractivity contribution < 1.29 is 14.6 Å². The summed E-state index contributed by atoms with van der Waals surface area (Å²) in [5.41, 5.74) is 1.78. The molecular weight excluding hydrogens is 288 g/mol. The standard InChI is InChI=1S/C20H22O3/c1-2-23-20(22)18(19(21)17-13-7-4-8-14-17)15-9-12-16-10-5-3-6-11-16/h3-14,18-19,21H,2,15H2,1H3/b12-9+/t18-,19?/m0/s1. The summed E-state index contributed by atoms with van der Waals surface area (Å²) in [6.07, 6.45) is 3.40. The molecule has 3 heteroatoms. The summed E-state index contributed by atoms with van der Waals surface area (Å²) in [6, 6.07) is 19.1. The molecule has 0 aliphatic carbocycles. The number of benzene rings is 2. The Morgan fingerprint density at radius 1 is 1.09 bits per heavy atom. The van der Waals surface area contributed by atoms with Gasteiger partial charge in [-0.2, -0.15) is 0 Å². The number of aliphatic hydroxyl groups is 1. The van der Waals surface area contributed by atoms with Crippen LogP contribution in [0.3, 0.4) is 0 Å². The monoisotopic (exact) mass is 310 g/mol. The SMILES string of the molecule is CCOC(=O)[C@@H](C/C=C/c1ccccc1)C(O)c1ccccc1. The van der Waals surface area contributed by atoms with Crippen molar-refractivity contribution in [3.05, 3.63) is 77.9 Å². The highest BCUT2D eigenvalue weighted by atomic mass is 16.5. The van der Waals surface area contributed by atoms with Crippen molar-refractivity contribution >= 4 is 12.0 Å². The van der Waals surface area contributed by atoms with Crippen LogP contribution in [0.15, 0.2) is 66.7 Å². The summed E-state index contributed by atoms with van der Waals surface area (Å²) in [4.78, 5) is 12.2. The Morgan fingerprint density at radius 2 is 1.70 bits per heavy atom. The van der Waals surface area contributed by atoms with E-state index in [0.29, 0.717) is 13.0 Å². The molecule has 0 aromatic heterocycles. The van der Waals surface area contributed by atoms with E-state index in [1.165, 1.54) is 0 Å². The van der Waals surface area contributed by atoms with Crippen molar-refractivity contribution in [1.29, 1.82) is 0 Å². The van der Waals surface area contributed by atoms with Gasteiger partial charge in [0.15, 0.2) is 0 Å². The third-order valence-corrected chi connectivity index (χ3v) is 3.61. The molecule has 0 spiro atoms. The number of ether oxygens (including phenoxy) is 1. The number of aliphatic hydroxyl groups excluding tert-OH is 1. The first-order valence-corrected chi connectivity index (χ1v) is 7.83. The van der Waals surface area contributed by atoms with Crippen LogP contribution in [0.4, 0.5) is 0 Å². The first-order chi connectivity index (χ1) is 11.2. The Labute approximate surface area is 137 Å². The van der Waals surface area contributed by atoms with Gasteiger partial charge in [-0.25, -0.2) is 0 Å². The van der Waals surface area contributed by atoms with Gasteiger partial charge in [-0.1, -0.05) is 72.8 Å². The average Bonchev–Trinajstić information content (AvgIpc) is 2.60. The lowest BCUT2D eigenvalue weighted by Crippen LogP contribution is -2.24. The highest BCUT2D eigenvalue weighted by Crippen LogP contribution is 2.26. The maximum absolute atomic E-state index is 12.2. The Balaban J connectivity index is 2.11. The molecular formula is C20H22O3. The van der Waals surface area contributed by atoms with Gasteiger partial charge >= 0.3 is 5.97 Å². The van der Waals surface area contributed by atoms with E-state index >= 15 is 0 Å². The normalized spacial score (nSPS) is 13.7. The van der Waals surface area contributed by atoms with E-state index in [1.807, 2.05) is 72.8 Å². The van der Waals surface area contributed by atoms with E-state index in [9.17, 15) is 9.90 Å². The number of rotatable bonds is 7. The summed E-state index contributed by atoms with van der Waals surface area (Å²) in [7, 11) is 0. The van der Waals surface area contributed by atoms with Gasteiger partial charge in [0.2, 0.25) is 0 Å². The van der Waals surface area contributed by atoms with Gasteiger partial charge in [0.25, 0.3) is 0 Å². The second-order valence-corrected chi connectivity index (χ2v) is 5.26. The molecule has 0 saturated heterocycles. The number of hydrogen-bond acceptors (Lipinski definition) is 3. The largest absolute Gasteiger partial charge is 0.466 e. The van der Waals surface area contributed by atoms with E-state index in [0.717, 1.165) is 11.1 Å². The minimum atomic E-state index is -0.879. The maximum atomic E-state index is 12.2. The number of allylic oxidation sites excluding steroid dienone is 1. The molecule has 2 aromatic rings.